The summed E-state index contributed by atoms with van der Waals surface area (Å²) in [5, 5.41) is 10.1. The van der Waals surface area contributed by atoms with Gasteiger partial charge in [-0.15, -0.1) is 0 Å². The van der Waals surface area contributed by atoms with Gasteiger partial charge in [0.05, 0.1) is 20.0 Å². The number of hydrogen-bond donors (Lipinski definition) is 1. The van der Waals surface area contributed by atoms with Crippen molar-refractivity contribution >= 4 is 0 Å². The standard InChI is InChI=1S/C21H24N2O3/c1-25-20-10-7-17(8-11-20)6-9-18-4-2-3-5-21(18)26-15-19(24)14-23-13-12-22-16-23/h2-5,7-8,10-13,16,19,24H,6,9,14-15H2,1H3/t19-/m0/s1. The van der Waals surface area contributed by atoms with Crippen molar-refractivity contribution in [3.8, 4) is 11.5 Å². The molecule has 2 aromatic carbocycles. The minimum Gasteiger partial charge on any atom is -0.497 e. The summed E-state index contributed by atoms with van der Waals surface area (Å²) in [5.74, 6) is 1.69. The predicted molar refractivity (Wildman–Crippen MR) is 101 cm³/mol. The molecule has 1 N–H and O–H groups in total. The summed E-state index contributed by atoms with van der Waals surface area (Å²) in [7, 11) is 1.67. The van der Waals surface area contributed by atoms with Crippen LogP contribution in [0.15, 0.2) is 67.3 Å². The van der Waals surface area contributed by atoms with Crippen molar-refractivity contribution in [3.05, 3.63) is 78.4 Å². The van der Waals surface area contributed by atoms with Crippen LogP contribution in [0.4, 0.5) is 0 Å². The van der Waals surface area contributed by atoms with E-state index in [-0.39, 0.29) is 6.61 Å². The van der Waals surface area contributed by atoms with Gasteiger partial charge >= 0.3 is 0 Å². The second kappa shape index (κ2) is 9.06. The van der Waals surface area contributed by atoms with Crippen LogP contribution in [0.3, 0.4) is 0 Å². The van der Waals surface area contributed by atoms with Gasteiger partial charge in [0.15, 0.2) is 0 Å². The second-order valence-corrected chi connectivity index (χ2v) is 6.18. The lowest BCUT2D eigenvalue weighted by Crippen LogP contribution is -2.23. The van der Waals surface area contributed by atoms with Gasteiger partial charge in [-0.1, -0.05) is 30.3 Å². The van der Waals surface area contributed by atoms with E-state index >= 15 is 0 Å². The van der Waals surface area contributed by atoms with Crippen LogP contribution in [0.1, 0.15) is 11.1 Å². The van der Waals surface area contributed by atoms with E-state index in [4.69, 9.17) is 9.47 Å². The molecule has 0 spiro atoms. The van der Waals surface area contributed by atoms with Gasteiger partial charge in [-0.25, -0.2) is 4.98 Å². The molecule has 0 fully saturated rings. The number of aliphatic hydroxyl groups excluding tert-OH is 1. The highest BCUT2D eigenvalue weighted by Crippen LogP contribution is 2.21. The molecular weight excluding hydrogens is 328 g/mol. The van der Waals surface area contributed by atoms with Crippen LogP contribution in [0, 0.1) is 0 Å². The van der Waals surface area contributed by atoms with E-state index in [1.807, 2.05) is 41.1 Å². The van der Waals surface area contributed by atoms with E-state index in [0.717, 1.165) is 29.9 Å². The number of aryl methyl sites for hydroxylation is 2. The van der Waals surface area contributed by atoms with Crippen LogP contribution < -0.4 is 9.47 Å². The third kappa shape index (κ3) is 5.10. The van der Waals surface area contributed by atoms with Gasteiger partial charge in [-0.05, 0) is 42.2 Å². The van der Waals surface area contributed by atoms with Crippen LogP contribution >= 0.6 is 0 Å². The molecule has 1 heterocycles. The van der Waals surface area contributed by atoms with E-state index in [9.17, 15) is 5.11 Å². The number of hydrogen-bond acceptors (Lipinski definition) is 4. The van der Waals surface area contributed by atoms with Crippen LogP contribution in [0.5, 0.6) is 11.5 Å². The van der Waals surface area contributed by atoms with Crippen molar-refractivity contribution in [3.63, 3.8) is 0 Å². The number of benzene rings is 2. The SMILES string of the molecule is COc1ccc(CCc2ccccc2OC[C@@H](O)Cn2ccnc2)cc1. The molecule has 26 heavy (non-hydrogen) atoms. The maximum absolute atomic E-state index is 10.1. The molecule has 1 aromatic heterocycles. The largest absolute Gasteiger partial charge is 0.497 e. The van der Waals surface area contributed by atoms with Gasteiger partial charge in [0.25, 0.3) is 0 Å². The van der Waals surface area contributed by atoms with Crippen LogP contribution in [0.2, 0.25) is 0 Å². The molecule has 0 amide bonds. The summed E-state index contributed by atoms with van der Waals surface area (Å²) >= 11 is 0. The van der Waals surface area contributed by atoms with Crippen molar-refractivity contribution < 1.29 is 14.6 Å². The molecule has 136 valence electrons. The summed E-state index contributed by atoms with van der Waals surface area (Å²) in [6.07, 6.45) is 6.42. The fraction of sp³-hybridized carbons (Fsp3) is 0.286. The Morgan fingerprint density at radius 3 is 2.62 bits per heavy atom. The van der Waals surface area contributed by atoms with E-state index in [2.05, 4.69) is 23.2 Å². The molecule has 0 saturated heterocycles. The number of methoxy groups -OCH3 is 1. The lowest BCUT2D eigenvalue weighted by molar-refractivity contribution is 0.0920. The molecule has 5 heteroatoms. The number of rotatable bonds is 9. The van der Waals surface area contributed by atoms with Crippen molar-refractivity contribution in [2.45, 2.75) is 25.5 Å². The quantitative estimate of drug-likeness (QED) is 0.643. The van der Waals surface area contributed by atoms with Crippen LogP contribution in [-0.2, 0) is 19.4 Å². The molecule has 5 nitrogen and oxygen atoms in total. The fourth-order valence-electron chi connectivity index (χ4n) is 2.80. The maximum Gasteiger partial charge on any atom is 0.122 e. The van der Waals surface area contributed by atoms with Crippen molar-refractivity contribution in [1.82, 2.24) is 9.55 Å². The van der Waals surface area contributed by atoms with Crippen molar-refractivity contribution in [2.24, 2.45) is 0 Å². The predicted octanol–water partition coefficient (Wildman–Crippen LogP) is 3.12. The van der Waals surface area contributed by atoms with Gasteiger partial charge in [-0.2, -0.15) is 0 Å². The molecule has 0 radical (unpaired) electrons. The maximum atomic E-state index is 10.1. The molecular formula is C21H24N2O3. The molecule has 3 rings (SSSR count). The Morgan fingerprint density at radius 1 is 1.08 bits per heavy atom. The lowest BCUT2D eigenvalue weighted by atomic mass is 10.0. The van der Waals surface area contributed by atoms with Gasteiger partial charge in [0.1, 0.15) is 24.2 Å². The Kier molecular flexibility index (Phi) is 6.28. The zero-order chi connectivity index (χ0) is 18.2. The first-order valence-corrected chi connectivity index (χ1v) is 8.72. The molecule has 0 aliphatic carbocycles. The number of aliphatic hydroxyl groups is 1. The molecule has 0 saturated carbocycles. The number of ether oxygens (including phenoxy) is 2. The van der Waals surface area contributed by atoms with Crippen molar-refractivity contribution in [2.75, 3.05) is 13.7 Å². The highest BCUT2D eigenvalue weighted by molar-refractivity contribution is 5.35. The Bertz CT molecular complexity index is 785. The Labute approximate surface area is 153 Å². The average molecular weight is 352 g/mol. The summed E-state index contributed by atoms with van der Waals surface area (Å²) in [6, 6.07) is 16.1. The van der Waals surface area contributed by atoms with E-state index in [0.29, 0.717) is 6.54 Å². The first kappa shape index (κ1) is 18.0. The van der Waals surface area contributed by atoms with E-state index in [1.54, 1.807) is 19.6 Å². The molecule has 0 bridgehead atoms. The Hall–Kier alpha value is -2.79. The zero-order valence-corrected chi connectivity index (χ0v) is 14.9. The first-order valence-electron chi connectivity index (χ1n) is 8.72. The Balaban J connectivity index is 1.55. The highest BCUT2D eigenvalue weighted by atomic mass is 16.5. The van der Waals surface area contributed by atoms with Gasteiger partial charge < -0.3 is 19.1 Å². The molecule has 3 aromatic rings. The lowest BCUT2D eigenvalue weighted by Gasteiger charge is -2.15. The molecule has 0 unspecified atom stereocenters. The number of aromatic nitrogens is 2. The third-order valence-electron chi connectivity index (χ3n) is 4.23. The molecule has 0 aliphatic rings. The number of imidazole rings is 1. The Morgan fingerprint density at radius 2 is 1.88 bits per heavy atom. The van der Waals surface area contributed by atoms with Gasteiger partial charge in [0, 0.05) is 12.4 Å². The first-order chi connectivity index (χ1) is 12.7. The monoisotopic (exact) mass is 352 g/mol. The van der Waals surface area contributed by atoms with E-state index < -0.39 is 6.10 Å². The van der Waals surface area contributed by atoms with Crippen LogP contribution in [0.25, 0.3) is 0 Å². The topological polar surface area (TPSA) is 56.5 Å². The van der Waals surface area contributed by atoms with Gasteiger partial charge in [0.2, 0.25) is 0 Å². The summed E-state index contributed by atoms with van der Waals surface area (Å²) in [6.45, 7) is 0.714. The number of para-hydroxylation sites is 1. The summed E-state index contributed by atoms with van der Waals surface area (Å²) in [4.78, 5) is 3.97. The smallest absolute Gasteiger partial charge is 0.122 e. The normalized spacial score (nSPS) is 11.9. The molecule has 1 atom stereocenters. The highest BCUT2D eigenvalue weighted by Gasteiger charge is 2.09. The number of nitrogens with zero attached hydrogens (tertiary/aromatic N) is 2. The minimum absolute atomic E-state index is 0.248. The summed E-state index contributed by atoms with van der Waals surface area (Å²) < 4.78 is 12.9. The van der Waals surface area contributed by atoms with Crippen LogP contribution in [-0.4, -0.2) is 34.5 Å². The van der Waals surface area contributed by atoms with E-state index in [1.165, 1.54) is 5.56 Å². The average Bonchev–Trinajstić information content (AvgIpc) is 3.18. The second-order valence-electron chi connectivity index (χ2n) is 6.18. The van der Waals surface area contributed by atoms with Gasteiger partial charge in [-0.3, -0.25) is 0 Å². The van der Waals surface area contributed by atoms with Crippen molar-refractivity contribution in [1.29, 1.82) is 0 Å². The fourth-order valence-corrected chi connectivity index (χ4v) is 2.80. The minimum atomic E-state index is -0.584. The zero-order valence-electron chi connectivity index (χ0n) is 14.9. The summed E-state index contributed by atoms with van der Waals surface area (Å²) in [5.41, 5.74) is 2.39. The molecule has 0 aliphatic heterocycles. The third-order valence-corrected chi connectivity index (χ3v) is 4.23.